The molecular weight excluding hydrogens is 573 g/mol. The van der Waals surface area contributed by atoms with Gasteiger partial charge in [-0.25, -0.2) is 0 Å². The highest BCUT2D eigenvalue weighted by molar-refractivity contribution is 6.97. The number of non-ortho nitro benzene ring substituents is 1. The first-order chi connectivity index (χ1) is 20.4. The molecule has 2 rings (SSSR count). The topological polar surface area (TPSA) is 46.4 Å². The van der Waals surface area contributed by atoms with Crippen molar-refractivity contribution < 1.29 is 4.92 Å². The third kappa shape index (κ3) is 7.41. The van der Waals surface area contributed by atoms with Crippen LogP contribution in [0, 0.1) is 33.8 Å². The predicted molar refractivity (Wildman–Crippen MR) is 197 cm³/mol. The number of rotatable bonds is 10. The molecule has 44 heavy (non-hydrogen) atoms. The second-order valence-electron chi connectivity index (χ2n) is 14.3. The van der Waals surface area contributed by atoms with Crippen molar-refractivity contribution in [3.63, 3.8) is 0 Å². The van der Waals surface area contributed by atoms with Crippen LogP contribution in [0.25, 0.3) is 0 Å². The third-order valence-electron chi connectivity index (χ3n) is 9.97. The molecule has 6 heteroatoms. The highest BCUT2D eigenvalue weighted by Gasteiger charge is 2.53. The molecule has 0 saturated heterocycles. The SMILES string of the molecule is CC(C)[Si](/C(C#Cc1ccc(N(C)C)cc1)=C(\C#Cc1ccc([N+](=O)[O-])cc1)[Si](C(C)C)(C(C)C)C(C)C)(C(C)C)C(C)C. The first-order valence-electron chi connectivity index (χ1n) is 16.3. The summed E-state index contributed by atoms with van der Waals surface area (Å²) in [6.07, 6.45) is 0. The zero-order chi connectivity index (χ0) is 33.6. The standard InChI is InChI=1S/C38H56N2O2Si2/c1-27(2)43(28(3)4,29(5)6)37(25-19-33-15-21-35(22-16-33)39(13)14)38(44(30(7)8,31(9)10)32(11)12)26-20-34-17-23-36(24-18-34)40(41)42/h15-18,21-24,27-32H,1-14H3/b38-37+. The van der Waals surface area contributed by atoms with Crippen molar-refractivity contribution in [2.45, 2.75) is 116 Å². The maximum Gasteiger partial charge on any atom is 0.269 e. The Balaban J connectivity index is 3.23. The van der Waals surface area contributed by atoms with Crippen molar-refractivity contribution >= 4 is 27.5 Å². The molecule has 0 bridgehead atoms. The first kappa shape index (κ1) is 37.1. The number of nitro benzene ring substituents is 1. The van der Waals surface area contributed by atoms with Crippen molar-refractivity contribution in [1.29, 1.82) is 0 Å². The van der Waals surface area contributed by atoms with Gasteiger partial charge in [-0.3, -0.25) is 10.1 Å². The molecule has 0 spiro atoms. The number of anilines is 1. The highest BCUT2D eigenvalue weighted by Crippen LogP contribution is 2.53. The van der Waals surface area contributed by atoms with Gasteiger partial charge in [0.2, 0.25) is 0 Å². The van der Waals surface area contributed by atoms with E-state index in [2.05, 4.69) is 150 Å². The summed E-state index contributed by atoms with van der Waals surface area (Å²) in [5.74, 6) is 14.9. The second kappa shape index (κ2) is 15.3. The maximum atomic E-state index is 11.3. The first-order valence-corrected chi connectivity index (χ1v) is 20.7. The van der Waals surface area contributed by atoms with E-state index in [9.17, 15) is 10.1 Å². The minimum atomic E-state index is -2.29. The van der Waals surface area contributed by atoms with E-state index in [1.54, 1.807) is 24.3 Å². The molecule has 0 heterocycles. The third-order valence-corrected chi connectivity index (χ3v) is 24.2. The minimum absolute atomic E-state index is 0.0827. The normalized spacial score (nSPS) is 12.8. The molecule has 0 unspecified atom stereocenters. The number of benzene rings is 2. The van der Waals surface area contributed by atoms with Gasteiger partial charge in [-0.1, -0.05) is 107 Å². The fourth-order valence-corrected chi connectivity index (χ4v) is 22.6. The van der Waals surface area contributed by atoms with Crippen LogP contribution in [0.1, 0.15) is 94.2 Å². The lowest BCUT2D eigenvalue weighted by Gasteiger charge is -2.49. The van der Waals surface area contributed by atoms with Crippen molar-refractivity contribution in [2.24, 2.45) is 0 Å². The lowest BCUT2D eigenvalue weighted by molar-refractivity contribution is -0.384. The van der Waals surface area contributed by atoms with Crippen LogP contribution in [0.3, 0.4) is 0 Å². The van der Waals surface area contributed by atoms with E-state index in [4.69, 9.17) is 0 Å². The summed E-state index contributed by atoms with van der Waals surface area (Å²) in [6, 6.07) is 15.2. The number of nitro groups is 1. The highest BCUT2D eigenvalue weighted by atomic mass is 28.3. The molecule has 0 N–H and O–H groups in total. The molecule has 2 aromatic rings. The van der Waals surface area contributed by atoms with Gasteiger partial charge in [-0.15, -0.1) is 0 Å². The van der Waals surface area contributed by atoms with Gasteiger partial charge in [-0.05, 0) is 80.0 Å². The number of hydrogen-bond acceptors (Lipinski definition) is 3. The summed E-state index contributed by atoms with van der Waals surface area (Å²) in [6.45, 7) is 28.8. The zero-order valence-electron chi connectivity index (χ0n) is 29.8. The Morgan fingerprint density at radius 3 is 1.14 bits per heavy atom. The van der Waals surface area contributed by atoms with Crippen LogP contribution in [0.4, 0.5) is 11.4 Å². The minimum Gasteiger partial charge on any atom is -0.378 e. The Kier molecular flexibility index (Phi) is 12.9. The van der Waals surface area contributed by atoms with Crippen molar-refractivity contribution in [1.82, 2.24) is 0 Å². The van der Waals surface area contributed by atoms with Gasteiger partial charge in [0, 0.05) is 43.0 Å². The van der Waals surface area contributed by atoms with Gasteiger partial charge in [0.25, 0.3) is 5.69 Å². The van der Waals surface area contributed by atoms with Crippen LogP contribution in [0.15, 0.2) is 58.9 Å². The van der Waals surface area contributed by atoms with E-state index < -0.39 is 16.1 Å². The van der Waals surface area contributed by atoms with Gasteiger partial charge in [0.1, 0.15) is 16.1 Å². The van der Waals surface area contributed by atoms with Crippen molar-refractivity contribution in [3.8, 4) is 23.7 Å². The monoisotopic (exact) mass is 628 g/mol. The molecule has 0 aliphatic rings. The van der Waals surface area contributed by atoms with Crippen LogP contribution < -0.4 is 4.90 Å². The van der Waals surface area contributed by atoms with Crippen LogP contribution >= 0.6 is 0 Å². The van der Waals surface area contributed by atoms with E-state index in [1.165, 1.54) is 10.4 Å². The van der Waals surface area contributed by atoms with Gasteiger partial charge in [-0.2, -0.15) is 0 Å². The summed E-state index contributed by atoms with van der Waals surface area (Å²) in [5.41, 5.74) is 5.83. The molecule has 4 nitrogen and oxygen atoms in total. The van der Waals surface area contributed by atoms with Gasteiger partial charge < -0.3 is 4.90 Å². The van der Waals surface area contributed by atoms with E-state index in [-0.39, 0.29) is 10.6 Å². The molecule has 0 saturated carbocycles. The van der Waals surface area contributed by atoms with Crippen LogP contribution in [0.2, 0.25) is 33.2 Å². The van der Waals surface area contributed by atoms with Crippen molar-refractivity contribution in [3.05, 3.63) is 80.2 Å². The van der Waals surface area contributed by atoms with Gasteiger partial charge in [0.05, 0.1) is 4.92 Å². The summed E-state index contributed by atoms with van der Waals surface area (Å²) in [4.78, 5) is 13.1. The average molecular weight is 629 g/mol. The van der Waals surface area contributed by atoms with Gasteiger partial charge in [0.15, 0.2) is 0 Å². The molecule has 0 aromatic heterocycles. The molecule has 0 aliphatic heterocycles. The largest absolute Gasteiger partial charge is 0.378 e. The lowest BCUT2D eigenvalue weighted by Crippen LogP contribution is -2.53. The Labute approximate surface area is 270 Å². The second-order valence-corrected chi connectivity index (χ2v) is 25.9. The van der Waals surface area contributed by atoms with E-state index >= 15 is 0 Å². The molecule has 0 atom stereocenters. The zero-order valence-corrected chi connectivity index (χ0v) is 31.8. The predicted octanol–water partition coefficient (Wildman–Crippen LogP) is 10.8. The molecule has 0 radical (unpaired) electrons. The maximum absolute atomic E-state index is 11.3. The van der Waals surface area contributed by atoms with E-state index in [1.807, 2.05) is 0 Å². The van der Waals surface area contributed by atoms with Crippen molar-refractivity contribution in [2.75, 3.05) is 19.0 Å². The van der Waals surface area contributed by atoms with E-state index in [0.29, 0.717) is 33.2 Å². The van der Waals surface area contributed by atoms with E-state index in [0.717, 1.165) is 16.8 Å². The molecule has 238 valence electrons. The Morgan fingerprint density at radius 1 is 0.591 bits per heavy atom. The Bertz CT molecular complexity index is 1380. The summed E-state index contributed by atoms with van der Waals surface area (Å²) in [5, 5.41) is 14.0. The number of allylic oxidation sites excluding steroid dienone is 2. The average Bonchev–Trinajstić information content (AvgIpc) is 2.92. The summed E-state index contributed by atoms with van der Waals surface area (Å²) >= 11 is 0. The summed E-state index contributed by atoms with van der Waals surface area (Å²) < 4.78 is 0. The summed E-state index contributed by atoms with van der Waals surface area (Å²) in [7, 11) is -0.451. The van der Waals surface area contributed by atoms with Crippen LogP contribution in [0.5, 0.6) is 0 Å². The molecule has 0 amide bonds. The molecular formula is C38H56N2O2Si2. The molecule has 2 aromatic carbocycles. The fourth-order valence-electron chi connectivity index (χ4n) is 8.29. The van der Waals surface area contributed by atoms with Crippen LogP contribution in [-0.4, -0.2) is 35.2 Å². The number of hydrogen-bond donors (Lipinski definition) is 0. The van der Waals surface area contributed by atoms with Gasteiger partial charge >= 0.3 is 0 Å². The molecule has 0 fully saturated rings. The van der Waals surface area contributed by atoms with Crippen LogP contribution in [-0.2, 0) is 0 Å². The fraction of sp³-hybridized carbons (Fsp3) is 0.526. The smallest absolute Gasteiger partial charge is 0.269 e. The quantitative estimate of drug-likeness (QED) is 0.114. The Hall–Kier alpha value is -3.07. The molecule has 0 aliphatic carbocycles. The number of nitrogens with zero attached hydrogens (tertiary/aromatic N) is 2. The Morgan fingerprint density at radius 2 is 0.886 bits per heavy atom. The lowest BCUT2D eigenvalue weighted by atomic mass is 10.2.